The summed E-state index contributed by atoms with van der Waals surface area (Å²) in [6, 6.07) is 0.796. The first kappa shape index (κ1) is 25.0. The standard InChI is InChI=1S/C25H30N2O7/c1-11(2)21(24(30)31)27-20(29)10-26-19(28)8-7-16-13(4)18-9-17-12(3)15(6)33-22(17)14(5)23(18)34-25(16)32/h9,11,21H,7-8,10H2,1-6H3,(H,26,28)(H,27,29)(H,30,31)/p-1/t21-/m0/s1. The molecule has 1 aromatic carbocycles. The van der Waals surface area contributed by atoms with Crippen molar-refractivity contribution in [1.29, 1.82) is 0 Å². The normalized spacial score (nSPS) is 12.3. The summed E-state index contributed by atoms with van der Waals surface area (Å²) >= 11 is 0. The Morgan fingerprint density at radius 1 is 0.941 bits per heavy atom. The second kappa shape index (κ2) is 9.70. The number of nitrogens with one attached hydrogen (secondary N) is 2. The van der Waals surface area contributed by atoms with Crippen LogP contribution in [0.2, 0.25) is 0 Å². The lowest BCUT2D eigenvalue weighted by Crippen LogP contribution is -2.52. The van der Waals surface area contributed by atoms with E-state index in [4.69, 9.17) is 8.83 Å². The molecule has 9 heteroatoms. The minimum absolute atomic E-state index is 0.0381. The highest BCUT2D eigenvalue weighted by Crippen LogP contribution is 2.34. The molecule has 0 saturated carbocycles. The van der Waals surface area contributed by atoms with E-state index in [9.17, 15) is 24.3 Å². The fourth-order valence-corrected chi connectivity index (χ4v) is 4.01. The van der Waals surface area contributed by atoms with Crippen LogP contribution in [0, 0.1) is 33.6 Å². The molecule has 0 saturated heterocycles. The Morgan fingerprint density at radius 3 is 2.18 bits per heavy atom. The maximum Gasteiger partial charge on any atom is 0.339 e. The average molecular weight is 470 g/mol. The fourth-order valence-electron chi connectivity index (χ4n) is 4.01. The van der Waals surface area contributed by atoms with Gasteiger partial charge in [0.2, 0.25) is 11.8 Å². The number of carboxylic acid groups (broad SMARTS) is 1. The molecule has 0 fully saturated rings. The lowest BCUT2D eigenvalue weighted by Gasteiger charge is -2.23. The van der Waals surface area contributed by atoms with Crippen molar-refractivity contribution in [3.63, 3.8) is 0 Å². The molecule has 9 nitrogen and oxygen atoms in total. The smallest absolute Gasteiger partial charge is 0.339 e. The highest BCUT2D eigenvalue weighted by atomic mass is 16.4. The molecule has 1 atom stereocenters. The van der Waals surface area contributed by atoms with Crippen LogP contribution in [0.4, 0.5) is 0 Å². The van der Waals surface area contributed by atoms with E-state index in [0.29, 0.717) is 16.7 Å². The Labute approximate surface area is 196 Å². The lowest BCUT2D eigenvalue weighted by molar-refractivity contribution is -0.309. The van der Waals surface area contributed by atoms with Gasteiger partial charge in [0.15, 0.2) is 0 Å². The van der Waals surface area contributed by atoms with Crippen molar-refractivity contribution in [2.24, 2.45) is 5.92 Å². The van der Waals surface area contributed by atoms with Gasteiger partial charge >= 0.3 is 5.63 Å². The predicted octanol–water partition coefficient (Wildman–Crippen LogP) is 1.71. The Bertz CT molecular complexity index is 1350. The van der Waals surface area contributed by atoms with Crippen LogP contribution in [-0.2, 0) is 20.8 Å². The first-order valence-electron chi connectivity index (χ1n) is 11.1. The van der Waals surface area contributed by atoms with E-state index in [1.54, 1.807) is 13.8 Å². The van der Waals surface area contributed by atoms with E-state index in [1.807, 2.05) is 33.8 Å². The van der Waals surface area contributed by atoms with Crippen molar-refractivity contribution in [3.05, 3.63) is 44.5 Å². The molecule has 2 aromatic heterocycles. The van der Waals surface area contributed by atoms with Crippen LogP contribution in [0.5, 0.6) is 0 Å². The topological polar surface area (TPSA) is 142 Å². The molecule has 2 amide bonds. The molecule has 0 radical (unpaired) electrons. The van der Waals surface area contributed by atoms with Crippen molar-refractivity contribution in [2.45, 2.75) is 60.4 Å². The summed E-state index contributed by atoms with van der Waals surface area (Å²) < 4.78 is 11.4. The largest absolute Gasteiger partial charge is 0.548 e. The molecule has 3 aromatic rings. The summed E-state index contributed by atoms with van der Waals surface area (Å²) in [6.45, 7) is 10.4. The molecule has 0 aliphatic rings. The van der Waals surface area contributed by atoms with Crippen molar-refractivity contribution in [2.75, 3.05) is 6.54 Å². The Kier molecular flexibility index (Phi) is 7.14. The zero-order chi connectivity index (χ0) is 25.3. The molecule has 34 heavy (non-hydrogen) atoms. The summed E-state index contributed by atoms with van der Waals surface area (Å²) in [5.74, 6) is -2.03. The summed E-state index contributed by atoms with van der Waals surface area (Å²) in [5, 5.41) is 17.6. The van der Waals surface area contributed by atoms with Crippen molar-refractivity contribution in [1.82, 2.24) is 10.6 Å². The van der Waals surface area contributed by atoms with Gasteiger partial charge in [-0.15, -0.1) is 0 Å². The molecule has 2 N–H and O–H groups in total. The second-order valence-corrected chi connectivity index (χ2v) is 8.92. The number of aliphatic carboxylic acids is 1. The number of fused-ring (bicyclic) bond motifs is 2. The Morgan fingerprint density at radius 2 is 1.56 bits per heavy atom. The van der Waals surface area contributed by atoms with E-state index in [0.717, 1.165) is 33.2 Å². The van der Waals surface area contributed by atoms with E-state index in [2.05, 4.69) is 10.6 Å². The van der Waals surface area contributed by atoms with Gasteiger partial charge in [0, 0.05) is 28.3 Å². The van der Waals surface area contributed by atoms with E-state index in [1.165, 1.54) is 0 Å². The molecule has 0 unspecified atom stereocenters. The number of aryl methyl sites for hydroxylation is 4. The van der Waals surface area contributed by atoms with Crippen LogP contribution in [0.25, 0.3) is 21.9 Å². The average Bonchev–Trinajstić information content (AvgIpc) is 3.05. The molecule has 0 bridgehead atoms. The third kappa shape index (κ3) is 4.83. The van der Waals surface area contributed by atoms with Gasteiger partial charge in [0.25, 0.3) is 0 Å². The molecule has 0 aliphatic heterocycles. The number of carbonyl (C=O) groups excluding carboxylic acids is 3. The zero-order valence-electron chi connectivity index (χ0n) is 20.2. The molecule has 2 heterocycles. The SMILES string of the molecule is Cc1oc2c(C)c3oc(=O)c(CCC(=O)NCC(=O)N[C@H](C(=O)[O-])C(C)C)c(C)c3cc2c1C. The number of benzene rings is 1. The van der Waals surface area contributed by atoms with Gasteiger partial charge in [-0.25, -0.2) is 4.79 Å². The molecular formula is C25H29N2O7-. The minimum atomic E-state index is -1.39. The monoisotopic (exact) mass is 469 g/mol. The van der Waals surface area contributed by atoms with Gasteiger partial charge in [0.05, 0.1) is 18.6 Å². The maximum atomic E-state index is 12.7. The summed E-state index contributed by atoms with van der Waals surface area (Å²) in [5.41, 5.74) is 3.51. The first-order chi connectivity index (χ1) is 15.9. The highest BCUT2D eigenvalue weighted by molar-refractivity contribution is 6.00. The number of hydrogen-bond donors (Lipinski definition) is 2. The number of hydrogen-bond acceptors (Lipinski definition) is 7. The predicted molar refractivity (Wildman–Crippen MR) is 124 cm³/mol. The number of furan rings is 1. The van der Waals surface area contributed by atoms with Crippen LogP contribution < -0.4 is 21.4 Å². The van der Waals surface area contributed by atoms with E-state index >= 15 is 0 Å². The molecule has 0 spiro atoms. The third-order valence-corrected chi connectivity index (χ3v) is 6.23. The van der Waals surface area contributed by atoms with Gasteiger partial charge < -0.3 is 29.4 Å². The summed E-state index contributed by atoms with van der Waals surface area (Å²) in [4.78, 5) is 48.0. The highest BCUT2D eigenvalue weighted by Gasteiger charge is 2.20. The van der Waals surface area contributed by atoms with Crippen LogP contribution >= 0.6 is 0 Å². The van der Waals surface area contributed by atoms with Gasteiger partial charge in [-0.3, -0.25) is 9.59 Å². The van der Waals surface area contributed by atoms with Gasteiger partial charge in [-0.1, -0.05) is 13.8 Å². The van der Waals surface area contributed by atoms with Gasteiger partial charge in [-0.2, -0.15) is 0 Å². The third-order valence-electron chi connectivity index (χ3n) is 6.23. The van der Waals surface area contributed by atoms with Gasteiger partial charge in [-0.05, 0) is 57.2 Å². The van der Waals surface area contributed by atoms with Crippen LogP contribution in [0.1, 0.15) is 48.3 Å². The van der Waals surface area contributed by atoms with Crippen molar-refractivity contribution in [3.8, 4) is 0 Å². The Hall–Kier alpha value is -3.62. The van der Waals surface area contributed by atoms with Crippen LogP contribution in [0.15, 0.2) is 19.7 Å². The molecular weight excluding hydrogens is 440 g/mol. The number of carboxylic acids is 1. The molecule has 3 rings (SSSR count). The number of amides is 2. The maximum absolute atomic E-state index is 12.7. The Balaban J connectivity index is 1.74. The number of rotatable bonds is 8. The van der Waals surface area contributed by atoms with Crippen molar-refractivity contribution >= 4 is 39.7 Å². The molecule has 0 aliphatic carbocycles. The van der Waals surface area contributed by atoms with Gasteiger partial charge in [0.1, 0.15) is 16.9 Å². The summed E-state index contributed by atoms with van der Waals surface area (Å²) in [7, 11) is 0. The first-order valence-corrected chi connectivity index (χ1v) is 11.1. The lowest BCUT2D eigenvalue weighted by atomic mass is 9.98. The zero-order valence-corrected chi connectivity index (χ0v) is 20.2. The molecule has 182 valence electrons. The summed E-state index contributed by atoms with van der Waals surface area (Å²) in [6.07, 6.45) is 0.0925. The van der Waals surface area contributed by atoms with E-state index < -0.39 is 29.5 Å². The number of carbonyl (C=O) groups is 3. The van der Waals surface area contributed by atoms with Crippen molar-refractivity contribution < 1.29 is 28.3 Å². The minimum Gasteiger partial charge on any atom is -0.548 e. The quantitative estimate of drug-likeness (QED) is 0.478. The fraction of sp³-hybridized carbons (Fsp3) is 0.440. The van der Waals surface area contributed by atoms with Crippen LogP contribution in [0.3, 0.4) is 0 Å². The second-order valence-electron chi connectivity index (χ2n) is 8.92. The van der Waals surface area contributed by atoms with Crippen LogP contribution in [-0.4, -0.2) is 30.4 Å². The van der Waals surface area contributed by atoms with E-state index in [-0.39, 0.29) is 25.3 Å².